The van der Waals surface area contributed by atoms with E-state index in [9.17, 15) is 4.79 Å². The van der Waals surface area contributed by atoms with Crippen LogP contribution in [-0.2, 0) is 20.9 Å². The summed E-state index contributed by atoms with van der Waals surface area (Å²) in [4.78, 5) is 17.7. The number of aromatic nitrogens is 2. The van der Waals surface area contributed by atoms with Crippen molar-refractivity contribution in [3.8, 4) is 0 Å². The molecular weight excluding hydrogens is 250 g/mol. The van der Waals surface area contributed by atoms with Crippen molar-refractivity contribution in [2.24, 2.45) is 5.92 Å². The fourth-order valence-corrected chi connectivity index (χ4v) is 1.92. The maximum atomic E-state index is 12.0. The lowest BCUT2D eigenvalue weighted by atomic mass is 10.2. The van der Waals surface area contributed by atoms with Crippen LogP contribution in [0.1, 0.15) is 18.6 Å². The monoisotopic (exact) mass is 269 g/mol. The van der Waals surface area contributed by atoms with E-state index in [1.54, 1.807) is 11.8 Å². The van der Waals surface area contributed by atoms with Crippen LogP contribution < -0.4 is 0 Å². The van der Waals surface area contributed by atoms with Crippen molar-refractivity contribution >= 4 is 5.91 Å². The number of carbonyl (C=O) groups excluding carboxylic acids is 1. The van der Waals surface area contributed by atoms with Crippen molar-refractivity contribution in [1.29, 1.82) is 0 Å². The van der Waals surface area contributed by atoms with Crippen LogP contribution in [-0.4, -0.2) is 53.9 Å². The fourth-order valence-electron chi connectivity index (χ4n) is 1.92. The molecule has 1 atom stereocenters. The first kappa shape index (κ1) is 14.0. The quantitative estimate of drug-likeness (QED) is 0.787. The molecule has 7 nitrogen and oxygen atoms in total. The van der Waals surface area contributed by atoms with Crippen LogP contribution >= 0.6 is 0 Å². The lowest BCUT2D eigenvalue weighted by Gasteiger charge is -2.21. The van der Waals surface area contributed by atoms with Gasteiger partial charge >= 0.3 is 0 Å². The fraction of sp³-hybridized carbons (Fsp3) is 0.750. The second kappa shape index (κ2) is 6.63. The third-order valence-electron chi connectivity index (χ3n) is 2.81. The molecule has 7 heteroatoms. The van der Waals surface area contributed by atoms with Gasteiger partial charge in [-0.2, -0.15) is 4.98 Å². The smallest absolute Gasteiger partial charge is 0.252 e. The molecule has 1 fully saturated rings. The number of hydrogen-bond acceptors (Lipinski definition) is 6. The van der Waals surface area contributed by atoms with Gasteiger partial charge in [0.05, 0.1) is 13.2 Å². The van der Waals surface area contributed by atoms with Gasteiger partial charge in [0, 0.05) is 13.1 Å². The molecule has 2 rings (SSSR count). The Bertz CT molecular complexity index is 421. The van der Waals surface area contributed by atoms with Crippen LogP contribution in [0.5, 0.6) is 0 Å². The number of nitrogens with zero attached hydrogens (tertiary/aromatic N) is 3. The van der Waals surface area contributed by atoms with Gasteiger partial charge in [0.2, 0.25) is 5.91 Å². The number of amides is 1. The van der Waals surface area contributed by atoms with Crippen LogP contribution in [0.2, 0.25) is 0 Å². The Morgan fingerprint density at radius 3 is 3.16 bits per heavy atom. The minimum absolute atomic E-state index is 0.0220. The van der Waals surface area contributed by atoms with Gasteiger partial charge in [-0.3, -0.25) is 4.79 Å². The lowest BCUT2D eigenvalue weighted by Crippen LogP contribution is -2.37. The van der Waals surface area contributed by atoms with Crippen molar-refractivity contribution in [1.82, 2.24) is 15.0 Å². The predicted octanol–water partition coefficient (Wildman–Crippen LogP) is 0.390. The Morgan fingerprint density at radius 2 is 2.42 bits per heavy atom. The minimum Gasteiger partial charge on any atom is -0.379 e. The first-order valence-electron chi connectivity index (χ1n) is 6.37. The van der Waals surface area contributed by atoms with Gasteiger partial charge in [0.15, 0.2) is 5.82 Å². The summed E-state index contributed by atoms with van der Waals surface area (Å²) >= 11 is 0. The van der Waals surface area contributed by atoms with Gasteiger partial charge in [0.1, 0.15) is 13.2 Å². The van der Waals surface area contributed by atoms with Crippen LogP contribution in [0, 0.1) is 12.8 Å². The molecule has 19 heavy (non-hydrogen) atoms. The molecule has 0 aliphatic carbocycles. The maximum Gasteiger partial charge on any atom is 0.252 e. The average Bonchev–Trinajstić information content (AvgIpc) is 2.66. The average molecular weight is 269 g/mol. The minimum atomic E-state index is -0.0337. The van der Waals surface area contributed by atoms with Crippen LogP contribution in [0.15, 0.2) is 4.52 Å². The Morgan fingerprint density at radius 1 is 1.58 bits per heavy atom. The Kier molecular flexibility index (Phi) is 4.86. The molecule has 2 heterocycles. The standard InChI is InChI=1S/C12H19N3O4/c1-9-5-15(3-4-17-6-9)12(16)8-18-7-11-13-10(2)14-19-11/h9H,3-8H2,1-2H3. The maximum absolute atomic E-state index is 12.0. The summed E-state index contributed by atoms with van der Waals surface area (Å²) in [7, 11) is 0. The van der Waals surface area contributed by atoms with Gasteiger partial charge in [0.25, 0.3) is 5.89 Å². The third kappa shape index (κ3) is 4.29. The third-order valence-corrected chi connectivity index (χ3v) is 2.81. The summed E-state index contributed by atoms with van der Waals surface area (Å²) in [5.74, 6) is 1.26. The van der Waals surface area contributed by atoms with E-state index in [0.717, 1.165) is 0 Å². The van der Waals surface area contributed by atoms with E-state index in [1.807, 2.05) is 0 Å². The van der Waals surface area contributed by atoms with Crippen molar-refractivity contribution < 1.29 is 18.8 Å². The van der Waals surface area contributed by atoms with Crippen molar-refractivity contribution in [3.05, 3.63) is 11.7 Å². The summed E-state index contributed by atoms with van der Waals surface area (Å²) < 4.78 is 15.6. The topological polar surface area (TPSA) is 77.7 Å². The predicted molar refractivity (Wildman–Crippen MR) is 65.3 cm³/mol. The summed E-state index contributed by atoms with van der Waals surface area (Å²) in [6.45, 7) is 6.59. The number of carbonyl (C=O) groups is 1. The molecule has 106 valence electrons. The zero-order valence-electron chi connectivity index (χ0n) is 11.3. The molecule has 1 amide bonds. The first-order chi connectivity index (χ1) is 9.15. The number of hydrogen-bond donors (Lipinski definition) is 0. The van der Waals surface area contributed by atoms with E-state index >= 15 is 0 Å². The molecule has 0 spiro atoms. The summed E-state index contributed by atoms with van der Waals surface area (Å²) in [6, 6.07) is 0. The molecule has 0 aromatic carbocycles. The van der Waals surface area contributed by atoms with Gasteiger partial charge in [-0.1, -0.05) is 12.1 Å². The molecule has 1 saturated heterocycles. The van der Waals surface area contributed by atoms with Crippen molar-refractivity contribution in [2.75, 3.05) is 32.9 Å². The van der Waals surface area contributed by atoms with Gasteiger partial charge in [-0.05, 0) is 12.8 Å². The highest BCUT2D eigenvalue weighted by molar-refractivity contribution is 5.77. The molecule has 0 saturated carbocycles. The highest BCUT2D eigenvalue weighted by atomic mass is 16.5. The van der Waals surface area contributed by atoms with Crippen molar-refractivity contribution in [3.63, 3.8) is 0 Å². The van der Waals surface area contributed by atoms with Crippen LogP contribution in [0.4, 0.5) is 0 Å². The molecule has 0 radical (unpaired) electrons. The zero-order valence-corrected chi connectivity index (χ0v) is 11.3. The largest absolute Gasteiger partial charge is 0.379 e. The summed E-state index contributed by atoms with van der Waals surface area (Å²) in [5.41, 5.74) is 0. The van der Waals surface area contributed by atoms with E-state index in [-0.39, 0.29) is 19.1 Å². The number of aryl methyl sites for hydroxylation is 1. The van der Waals surface area contributed by atoms with Crippen LogP contribution in [0.3, 0.4) is 0 Å². The lowest BCUT2D eigenvalue weighted by molar-refractivity contribution is -0.137. The summed E-state index contributed by atoms with van der Waals surface area (Å²) in [5, 5.41) is 3.65. The SMILES string of the molecule is Cc1noc(COCC(=O)N2CCOCC(C)C2)n1. The molecule has 0 bridgehead atoms. The molecule has 1 aromatic heterocycles. The number of rotatable bonds is 4. The molecule has 1 aromatic rings. The second-order valence-electron chi connectivity index (χ2n) is 4.75. The first-order valence-corrected chi connectivity index (χ1v) is 6.37. The van der Waals surface area contributed by atoms with Gasteiger partial charge in [-0.25, -0.2) is 0 Å². The Balaban J connectivity index is 1.74. The van der Waals surface area contributed by atoms with E-state index in [2.05, 4.69) is 17.1 Å². The molecule has 1 aliphatic heterocycles. The summed E-state index contributed by atoms with van der Waals surface area (Å²) in [6.07, 6.45) is 0. The second-order valence-corrected chi connectivity index (χ2v) is 4.75. The molecule has 1 aliphatic rings. The normalized spacial score (nSPS) is 20.3. The van der Waals surface area contributed by atoms with E-state index < -0.39 is 0 Å². The van der Waals surface area contributed by atoms with E-state index in [0.29, 0.717) is 43.9 Å². The molecular formula is C12H19N3O4. The van der Waals surface area contributed by atoms with E-state index in [1.165, 1.54) is 0 Å². The highest BCUT2D eigenvalue weighted by Crippen LogP contribution is 2.07. The Labute approximate surface area is 111 Å². The Hall–Kier alpha value is -1.47. The van der Waals surface area contributed by atoms with Crippen LogP contribution in [0.25, 0.3) is 0 Å². The molecule has 1 unspecified atom stereocenters. The molecule has 0 N–H and O–H groups in total. The van der Waals surface area contributed by atoms with E-state index in [4.69, 9.17) is 14.0 Å². The highest BCUT2D eigenvalue weighted by Gasteiger charge is 2.19. The van der Waals surface area contributed by atoms with Gasteiger partial charge in [-0.15, -0.1) is 0 Å². The number of ether oxygens (including phenoxy) is 2. The van der Waals surface area contributed by atoms with Gasteiger partial charge < -0.3 is 18.9 Å². The van der Waals surface area contributed by atoms with Crippen molar-refractivity contribution in [2.45, 2.75) is 20.5 Å². The zero-order chi connectivity index (χ0) is 13.7.